The van der Waals surface area contributed by atoms with E-state index in [-0.39, 0.29) is 5.91 Å². The molecule has 2 aliphatic rings. The van der Waals surface area contributed by atoms with E-state index in [4.69, 9.17) is 11.6 Å². The van der Waals surface area contributed by atoms with Gasteiger partial charge in [-0.05, 0) is 43.9 Å². The number of hydrogen-bond donors (Lipinski definition) is 1. The molecule has 1 aliphatic carbocycles. The highest BCUT2D eigenvalue weighted by atomic mass is 35.5. The van der Waals surface area contributed by atoms with E-state index >= 15 is 0 Å². The average molecular weight is 336 g/mol. The van der Waals surface area contributed by atoms with Gasteiger partial charge in [0.2, 0.25) is 5.91 Å². The molecule has 1 N–H and O–H groups in total. The number of nitrogens with zero attached hydrogens (tertiary/aromatic N) is 1. The zero-order valence-corrected chi connectivity index (χ0v) is 14.1. The molecular weight excluding hydrogens is 314 g/mol. The second-order valence-corrected chi connectivity index (χ2v) is 7.58. The summed E-state index contributed by atoms with van der Waals surface area (Å²) in [6, 6.07) is 7.56. The Hall–Kier alpha value is -1.55. The number of likely N-dealkylation sites (tertiary alicyclic amines) is 1. The fraction of sp³-hybridized carbons (Fsp3) is 0.556. The third-order valence-electron chi connectivity index (χ3n) is 5.52. The number of rotatable bonds is 3. The summed E-state index contributed by atoms with van der Waals surface area (Å²) in [5.41, 5.74) is -0.394. The summed E-state index contributed by atoms with van der Waals surface area (Å²) in [6.45, 7) is 2.54. The van der Waals surface area contributed by atoms with Crippen LogP contribution in [0, 0.1) is 5.41 Å². The summed E-state index contributed by atoms with van der Waals surface area (Å²) in [6.07, 6.45) is 4.17. The Balaban J connectivity index is 1.91. The van der Waals surface area contributed by atoms with Crippen molar-refractivity contribution >= 4 is 23.5 Å². The number of carboxylic acids is 1. The molecule has 124 valence electrons. The van der Waals surface area contributed by atoms with Crippen LogP contribution >= 0.6 is 11.6 Å². The zero-order valence-electron chi connectivity index (χ0n) is 13.3. The Morgan fingerprint density at radius 2 is 1.91 bits per heavy atom. The van der Waals surface area contributed by atoms with Crippen molar-refractivity contribution in [3.63, 3.8) is 0 Å². The molecule has 1 saturated heterocycles. The number of halogens is 1. The molecule has 0 bridgehead atoms. The highest BCUT2D eigenvalue weighted by molar-refractivity contribution is 6.30. The molecule has 0 aromatic heterocycles. The van der Waals surface area contributed by atoms with Crippen molar-refractivity contribution < 1.29 is 14.7 Å². The van der Waals surface area contributed by atoms with E-state index in [0.29, 0.717) is 24.5 Å². The molecule has 1 aromatic carbocycles. The number of hydrogen-bond acceptors (Lipinski definition) is 2. The largest absolute Gasteiger partial charge is 0.481 e. The Kier molecular flexibility index (Phi) is 4.13. The van der Waals surface area contributed by atoms with Gasteiger partial charge in [-0.2, -0.15) is 0 Å². The Labute approximate surface area is 141 Å². The molecule has 0 radical (unpaired) electrons. The van der Waals surface area contributed by atoms with Crippen molar-refractivity contribution in [1.29, 1.82) is 0 Å². The van der Waals surface area contributed by atoms with Gasteiger partial charge < -0.3 is 10.0 Å². The SMILES string of the molecule is CC1(C(=O)O)CCN(C(=O)C2(c3cccc(Cl)c3)CCCC2)C1. The van der Waals surface area contributed by atoms with Crippen molar-refractivity contribution in [3.05, 3.63) is 34.9 Å². The first kappa shape index (κ1) is 16.3. The molecule has 23 heavy (non-hydrogen) atoms. The van der Waals surface area contributed by atoms with Crippen LogP contribution in [0.1, 0.15) is 44.6 Å². The smallest absolute Gasteiger partial charge is 0.311 e. The van der Waals surface area contributed by atoms with E-state index in [1.54, 1.807) is 11.8 Å². The summed E-state index contributed by atoms with van der Waals surface area (Å²) in [5, 5.41) is 10.0. The third-order valence-corrected chi connectivity index (χ3v) is 5.76. The van der Waals surface area contributed by atoms with Gasteiger partial charge in [0.15, 0.2) is 0 Å². The van der Waals surface area contributed by atoms with Gasteiger partial charge in [0, 0.05) is 18.1 Å². The second kappa shape index (κ2) is 5.82. The minimum absolute atomic E-state index is 0.0715. The van der Waals surface area contributed by atoms with Crippen molar-refractivity contribution in [2.24, 2.45) is 5.41 Å². The van der Waals surface area contributed by atoms with E-state index < -0.39 is 16.8 Å². The molecule has 4 nitrogen and oxygen atoms in total. The van der Waals surface area contributed by atoms with Crippen LogP contribution in [-0.4, -0.2) is 35.0 Å². The van der Waals surface area contributed by atoms with Gasteiger partial charge in [-0.3, -0.25) is 9.59 Å². The number of benzene rings is 1. The normalized spacial score (nSPS) is 26.4. The van der Waals surface area contributed by atoms with Crippen LogP contribution in [0.3, 0.4) is 0 Å². The van der Waals surface area contributed by atoms with Crippen LogP contribution in [0.4, 0.5) is 0 Å². The Bertz CT molecular complexity index is 639. The molecule has 1 amide bonds. The van der Waals surface area contributed by atoms with Gasteiger partial charge in [0.1, 0.15) is 0 Å². The van der Waals surface area contributed by atoms with Crippen LogP contribution in [0.25, 0.3) is 0 Å². The molecule has 1 atom stereocenters. The fourth-order valence-electron chi connectivity index (χ4n) is 4.00. The lowest BCUT2D eigenvalue weighted by molar-refractivity contribution is -0.147. The van der Waals surface area contributed by atoms with Crippen LogP contribution < -0.4 is 0 Å². The first-order valence-electron chi connectivity index (χ1n) is 8.16. The first-order valence-corrected chi connectivity index (χ1v) is 8.54. The predicted octanol–water partition coefficient (Wildman–Crippen LogP) is 3.48. The lowest BCUT2D eigenvalue weighted by Gasteiger charge is -2.33. The van der Waals surface area contributed by atoms with Gasteiger partial charge in [0.05, 0.1) is 10.8 Å². The standard InChI is InChI=1S/C18H22ClNO3/c1-17(16(22)23)9-10-20(12-17)15(21)18(7-2-3-8-18)13-5-4-6-14(19)11-13/h4-6,11H,2-3,7-10,12H2,1H3,(H,22,23). The minimum Gasteiger partial charge on any atom is -0.481 e. The monoisotopic (exact) mass is 335 g/mol. The van der Waals surface area contributed by atoms with E-state index in [9.17, 15) is 14.7 Å². The average Bonchev–Trinajstić information content (AvgIpc) is 3.15. The van der Waals surface area contributed by atoms with E-state index in [0.717, 1.165) is 31.2 Å². The Morgan fingerprint density at radius 1 is 1.22 bits per heavy atom. The summed E-state index contributed by atoms with van der Waals surface area (Å²) >= 11 is 6.13. The number of carbonyl (C=O) groups excluding carboxylic acids is 1. The summed E-state index contributed by atoms with van der Waals surface area (Å²) in [5.74, 6) is -0.752. The van der Waals surface area contributed by atoms with E-state index in [1.165, 1.54) is 0 Å². The molecule has 1 heterocycles. The van der Waals surface area contributed by atoms with Crippen LogP contribution in [0.15, 0.2) is 24.3 Å². The third kappa shape index (κ3) is 2.74. The molecule has 1 saturated carbocycles. The Morgan fingerprint density at radius 3 is 2.48 bits per heavy atom. The maximum absolute atomic E-state index is 13.3. The van der Waals surface area contributed by atoms with Crippen LogP contribution in [0.5, 0.6) is 0 Å². The van der Waals surface area contributed by atoms with Gasteiger partial charge in [-0.1, -0.05) is 36.6 Å². The highest BCUT2D eigenvalue weighted by Gasteiger charge is 2.49. The predicted molar refractivity (Wildman–Crippen MR) is 88.5 cm³/mol. The number of carboxylic acid groups (broad SMARTS) is 1. The van der Waals surface area contributed by atoms with Crippen molar-refractivity contribution in [1.82, 2.24) is 4.90 Å². The number of amides is 1. The maximum atomic E-state index is 13.3. The summed E-state index contributed by atoms with van der Waals surface area (Å²) in [4.78, 5) is 26.5. The first-order chi connectivity index (χ1) is 10.9. The second-order valence-electron chi connectivity index (χ2n) is 7.14. The molecule has 1 unspecified atom stereocenters. The number of aliphatic carboxylic acids is 1. The fourth-order valence-corrected chi connectivity index (χ4v) is 4.19. The van der Waals surface area contributed by atoms with Crippen molar-refractivity contribution in [2.75, 3.05) is 13.1 Å². The molecule has 0 spiro atoms. The van der Waals surface area contributed by atoms with Crippen LogP contribution in [0.2, 0.25) is 5.02 Å². The lowest BCUT2D eigenvalue weighted by atomic mass is 9.77. The molecule has 1 aliphatic heterocycles. The number of carbonyl (C=O) groups is 2. The lowest BCUT2D eigenvalue weighted by Crippen LogP contribution is -2.45. The molecule has 1 aromatic rings. The summed E-state index contributed by atoms with van der Waals surface area (Å²) < 4.78 is 0. The quantitative estimate of drug-likeness (QED) is 0.920. The van der Waals surface area contributed by atoms with Gasteiger partial charge >= 0.3 is 5.97 Å². The topological polar surface area (TPSA) is 57.6 Å². The molecule has 2 fully saturated rings. The van der Waals surface area contributed by atoms with Gasteiger partial charge in [0.25, 0.3) is 0 Å². The summed E-state index contributed by atoms with van der Waals surface area (Å²) in [7, 11) is 0. The molecular formula is C18H22ClNO3. The molecule has 3 rings (SSSR count). The minimum atomic E-state index is -0.830. The van der Waals surface area contributed by atoms with Crippen molar-refractivity contribution in [3.8, 4) is 0 Å². The van der Waals surface area contributed by atoms with Crippen molar-refractivity contribution in [2.45, 2.75) is 44.4 Å². The van der Waals surface area contributed by atoms with E-state index in [2.05, 4.69) is 0 Å². The highest BCUT2D eigenvalue weighted by Crippen LogP contribution is 2.45. The van der Waals surface area contributed by atoms with Gasteiger partial charge in [-0.25, -0.2) is 0 Å². The molecule has 5 heteroatoms. The van der Waals surface area contributed by atoms with Crippen LogP contribution in [-0.2, 0) is 15.0 Å². The maximum Gasteiger partial charge on any atom is 0.311 e. The van der Waals surface area contributed by atoms with Gasteiger partial charge in [-0.15, -0.1) is 0 Å². The van der Waals surface area contributed by atoms with E-state index in [1.807, 2.05) is 24.3 Å². The zero-order chi connectivity index (χ0) is 16.7.